The summed E-state index contributed by atoms with van der Waals surface area (Å²) in [5.41, 5.74) is 8.83. The zero-order valence-corrected chi connectivity index (χ0v) is 16.7. The van der Waals surface area contributed by atoms with Gasteiger partial charge in [-0.1, -0.05) is 11.3 Å². The first-order chi connectivity index (χ1) is 15.9. The number of nitrogen functional groups attached to an aromatic ring is 1. The molecule has 6 rings (SSSR count). The van der Waals surface area contributed by atoms with Crippen molar-refractivity contribution in [3.05, 3.63) is 66.6 Å². The molecule has 0 saturated heterocycles. The maximum absolute atomic E-state index is 13.3. The van der Waals surface area contributed by atoms with E-state index in [0.717, 1.165) is 22.7 Å². The third-order valence-corrected chi connectivity index (χ3v) is 5.50. The van der Waals surface area contributed by atoms with Crippen molar-refractivity contribution in [1.29, 1.82) is 0 Å². The van der Waals surface area contributed by atoms with Gasteiger partial charge in [-0.15, -0.1) is 5.10 Å². The van der Waals surface area contributed by atoms with Crippen LogP contribution in [0.25, 0.3) is 49.7 Å². The summed E-state index contributed by atoms with van der Waals surface area (Å²) in [5.74, 6) is -0.562. The summed E-state index contributed by atoms with van der Waals surface area (Å²) >= 11 is 0. The van der Waals surface area contributed by atoms with Gasteiger partial charge in [0, 0.05) is 22.5 Å². The van der Waals surface area contributed by atoms with Crippen LogP contribution < -0.4 is 5.73 Å². The second kappa shape index (κ2) is 6.73. The van der Waals surface area contributed by atoms with Gasteiger partial charge in [0.1, 0.15) is 16.9 Å². The highest BCUT2D eigenvalue weighted by atomic mass is 19.4. The SMILES string of the molecule is Nc1ncc(-c2ccc3ncc4nnn(-c5ccc6[nH]ncc6c5)c4c3c2)cc1C(F)(F)F. The van der Waals surface area contributed by atoms with Crippen molar-refractivity contribution in [1.82, 2.24) is 35.2 Å². The summed E-state index contributed by atoms with van der Waals surface area (Å²) in [7, 11) is 0. The molecule has 0 aliphatic rings. The number of nitrogens with one attached hydrogen (secondary N) is 1. The normalized spacial score (nSPS) is 12.2. The Kier molecular flexibility index (Phi) is 3.91. The van der Waals surface area contributed by atoms with Crippen molar-refractivity contribution in [2.75, 3.05) is 5.73 Å². The summed E-state index contributed by atoms with van der Waals surface area (Å²) in [6.07, 6.45) is 0.0422. The number of halogens is 3. The first-order valence-electron chi connectivity index (χ1n) is 9.79. The van der Waals surface area contributed by atoms with Gasteiger partial charge in [-0.2, -0.15) is 18.3 Å². The molecule has 0 saturated carbocycles. The third kappa shape index (κ3) is 3.04. The van der Waals surface area contributed by atoms with Crippen molar-refractivity contribution in [2.24, 2.45) is 0 Å². The van der Waals surface area contributed by atoms with Crippen molar-refractivity contribution in [3.8, 4) is 16.8 Å². The lowest BCUT2D eigenvalue weighted by Crippen LogP contribution is -2.10. The van der Waals surface area contributed by atoms with Gasteiger partial charge in [0.05, 0.1) is 34.7 Å². The zero-order valence-electron chi connectivity index (χ0n) is 16.7. The number of benzene rings is 2. The number of hydrogen-bond acceptors (Lipinski definition) is 6. The number of hydrogen-bond donors (Lipinski definition) is 2. The molecule has 11 heteroatoms. The molecule has 0 amide bonds. The van der Waals surface area contributed by atoms with Gasteiger partial charge < -0.3 is 5.73 Å². The topological polar surface area (TPSA) is 111 Å². The number of nitrogens with two attached hydrogens (primary N) is 1. The van der Waals surface area contributed by atoms with E-state index in [-0.39, 0.29) is 5.56 Å². The molecular weight excluding hydrogens is 433 g/mol. The van der Waals surface area contributed by atoms with Crippen LogP contribution in [0.15, 0.2) is 61.1 Å². The van der Waals surface area contributed by atoms with Crippen LogP contribution >= 0.6 is 0 Å². The monoisotopic (exact) mass is 446 g/mol. The molecule has 0 bridgehead atoms. The Morgan fingerprint density at radius 2 is 1.76 bits per heavy atom. The Morgan fingerprint density at radius 1 is 0.879 bits per heavy atom. The van der Waals surface area contributed by atoms with Gasteiger partial charge in [0.15, 0.2) is 0 Å². The number of nitrogens with zero attached hydrogens (tertiary/aromatic N) is 6. The van der Waals surface area contributed by atoms with Crippen LogP contribution in [-0.4, -0.2) is 35.2 Å². The average molecular weight is 446 g/mol. The lowest BCUT2D eigenvalue weighted by Gasteiger charge is -2.12. The summed E-state index contributed by atoms with van der Waals surface area (Å²) in [4.78, 5) is 8.16. The van der Waals surface area contributed by atoms with Crippen molar-refractivity contribution >= 4 is 38.7 Å². The minimum atomic E-state index is -4.60. The molecule has 2 aromatic carbocycles. The van der Waals surface area contributed by atoms with E-state index >= 15 is 0 Å². The van der Waals surface area contributed by atoms with Crippen LogP contribution in [0.1, 0.15) is 5.56 Å². The van der Waals surface area contributed by atoms with Crippen LogP contribution in [0, 0.1) is 0 Å². The smallest absolute Gasteiger partial charge is 0.383 e. The number of aromatic amines is 1. The van der Waals surface area contributed by atoms with E-state index in [1.54, 1.807) is 35.3 Å². The highest BCUT2D eigenvalue weighted by Crippen LogP contribution is 2.36. The minimum Gasteiger partial charge on any atom is -0.383 e. The fraction of sp³-hybridized carbons (Fsp3) is 0.0455. The third-order valence-electron chi connectivity index (χ3n) is 5.50. The number of aromatic nitrogens is 7. The van der Waals surface area contributed by atoms with E-state index in [9.17, 15) is 13.2 Å². The summed E-state index contributed by atoms with van der Waals surface area (Å²) in [6, 6.07) is 11.9. The predicted molar refractivity (Wildman–Crippen MR) is 116 cm³/mol. The molecular formula is C22H13F3N8. The van der Waals surface area contributed by atoms with Crippen LogP contribution in [0.3, 0.4) is 0 Å². The second-order valence-electron chi connectivity index (χ2n) is 7.52. The van der Waals surface area contributed by atoms with E-state index in [2.05, 4.69) is 30.5 Å². The lowest BCUT2D eigenvalue weighted by atomic mass is 10.0. The van der Waals surface area contributed by atoms with E-state index in [1.807, 2.05) is 18.2 Å². The fourth-order valence-electron chi connectivity index (χ4n) is 3.88. The summed E-state index contributed by atoms with van der Waals surface area (Å²) in [6.45, 7) is 0. The van der Waals surface area contributed by atoms with E-state index in [4.69, 9.17) is 5.73 Å². The van der Waals surface area contributed by atoms with Gasteiger partial charge in [0.2, 0.25) is 0 Å². The number of fused-ring (bicyclic) bond motifs is 4. The molecule has 3 N–H and O–H groups in total. The van der Waals surface area contributed by atoms with E-state index < -0.39 is 17.6 Å². The van der Waals surface area contributed by atoms with Crippen LogP contribution in [-0.2, 0) is 6.18 Å². The number of alkyl halides is 3. The highest BCUT2D eigenvalue weighted by molar-refractivity contribution is 6.04. The molecule has 0 aliphatic heterocycles. The number of anilines is 1. The first-order valence-corrected chi connectivity index (χ1v) is 9.79. The maximum Gasteiger partial charge on any atom is 0.419 e. The molecule has 8 nitrogen and oxygen atoms in total. The van der Waals surface area contributed by atoms with Gasteiger partial charge in [-0.05, 0) is 42.0 Å². The fourth-order valence-corrected chi connectivity index (χ4v) is 3.88. The largest absolute Gasteiger partial charge is 0.419 e. The standard InChI is InChI=1S/C22H13F3N8/c23-22(24,25)16-7-12(8-28-21(16)26)11-1-3-18-15(6-11)20-19(10-27-18)31-32-33(20)14-2-4-17-13(5-14)9-29-30-17/h1-10H,(H2,26,28)(H,29,30). The van der Waals surface area contributed by atoms with Crippen LogP contribution in [0.2, 0.25) is 0 Å². The molecule has 0 fully saturated rings. The quantitative estimate of drug-likeness (QED) is 0.405. The van der Waals surface area contributed by atoms with E-state index in [1.165, 1.54) is 6.20 Å². The van der Waals surface area contributed by atoms with E-state index in [0.29, 0.717) is 27.5 Å². The molecule has 4 heterocycles. The first kappa shape index (κ1) is 19.2. The molecule has 0 spiro atoms. The minimum absolute atomic E-state index is 0.286. The summed E-state index contributed by atoms with van der Waals surface area (Å²) in [5, 5.41) is 17.0. The van der Waals surface area contributed by atoms with Gasteiger partial charge in [-0.3, -0.25) is 10.1 Å². The van der Waals surface area contributed by atoms with Gasteiger partial charge in [-0.25, -0.2) is 9.67 Å². The molecule has 0 atom stereocenters. The Morgan fingerprint density at radius 3 is 2.61 bits per heavy atom. The molecule has 0 radical (unpaired) electrons. The Balaban J connectivity index is 1.58. The lowest BCUT2D eigenvalue weighted by molar-refractivity contribution is -0.137. The molecule has 4 aromatic heterocycles. The zero-order chi connectivity index (χ0) is 22.7. The molecule has 0 unspecified atom stereocenters. The number of pyridine rings is 2. The molecule has 33 heavy (non-hydrogen) atoms. The number of H-pyrrole nitrogens is 1. The predicted octanol–water partition coefficient (Wildman–Crippen LogP) is 4.51. The average Bonchev–Trinajstić information content (AvgIpc) is 3.44. The highest BCUT2D eigenvalue weighted by Gasteiger charge is 2.34. The second-order valence-corrected chi connectivity index (χ2v) is 7.52. The van der Waals surface area contributed by atoms with Crippen molar-refractivity contribution < 1.29 is 13.2 Å². The van der Waals surface area contributed by atoms with Gasteiger partial charge in [0.25, 0.3) is 0 Å². The van der Waals surface area contributed by atoms with Crippen LogP contribution in [0.5, 0.6) is 0 Å². The van der Waals surface area contributed by atoms with Crippen LogP contribution in [0.4, 0.5) is 19.0 Å². The summed E-state index contributed by atoms with van der Waals surface area (Å²) < 4.78 is 41.7. The maximum atomic E-state index is 13.3. The number of rotatable bonds is 2. The molecule has 6 aromatic rings. The Bertz CT molecular complexity index is 1680. The Hall–Kier alpha value is -4.54. The van der Waals surface area contributed by atoms with Gasteiger partial charge >= 0.3 is 6.18 Å². The van der Waals surface area contributed by atoms with Crippen molar-refractivity contribution in [2.45, 2.75) is 6.18 Å². The molecule has 0 aliphatic carbocycles. The Labute approximate surface area is 182 Å². The van der Waals surface area contributed by atoms with Crippen molar-refractivity contribution in [3.63, 3.8) is 0 Å². The molecule has 162 valence electrons.